The summed E-state index contributed by atoms with van der Waals surface area (Å²) >= 11 is 5.64. The van der Waals surface area contributed by atoms with Gasteiger partial charge in [0.1, 0.15) is 11.5 Å². The van der Waals surface area contributed by atoms with Crippen LogP contribution in [0.3, 0.4) is 0 Å². The van der Waals surface area contributed by atoms with E-state index in [1.807, 2.05) is 6.07 Å². The third kappa shape index (κ3) is 3.86. The number of aromatic hydroxyl groups is 1. The largest absolute Gasteiger partial charge is 0.504 e. The molecule has 0 saturated carbocycles. The van der Waals surface area contributed by atoms with Crippen molar-refractivity contribution < 1.29 is 14.7 Å². The molecule has 0 spiro atoms. The number of thiocarbonyl (C=S) groups is 1. The molecular weight excluding hydrogens is 320 g/mol. The maximum Gasteiger partial charge on any atom is 0.161 e. The number of quaternary nitrogens is 1. The first kappa shape index (κ1) is 16.7. The zero-order valence-corrected chi connectivity index (χ0v) is 14.7. The van der Waals surface area contributed by atoms with E-state index in [2.05, 4.69) is 35.2 Å². The van der Waals surface area contributed by atoms with Crippen LogP contribution in [0, 0.1) is 0 Å². The lowest BCUT2D eigenvalue weighted by Gasteiger charge is -2.34. The average Bonchev–Trinajstić information content (AvgIpc) is 2.63. The lowest BCUT2D eigenvalue weighted by atomic mass is 10.1. The summed E-state index contributed by atoms with van der Waals surface area (Å²) in [6, 6.07) is 15.9. The van der Waals surface area contributed by atoms with Crippen LogP contribution in [0.1, 0.15) is 11.1 Å². The molecule has 2 N–H and O–H groups in total. The van der Waals surface area contributed by atoms with Gasteiger partial charge in [0.2, 0.25) is 0 Å². The number of rotatable bonds is 4. The summed E-state index contributed by atoms with van der Waals surface area (Å²) in [6.45, 7) is 5.11. The van der Waals surface area contributed by atoms with Gasteiger partial charge in [-0.15, -0.1) is 0 Å². The monoisotopic (exact) mass is 343 g/mol. The lowest BCUT2D eigenvalue weighted by molar-refractivity contribution is -0.917. The summed E-state index contributed by atoms with van der Waals surface area (Å²) in [5, 5.41) is 9.72. The minimum Gasteiger partial charge on any atom is -0.504 e. The summed E-state index contributed by atoms with van der Waals surface area (Å²) < 4.78 is 5.17. The highest BCUT2D eigenvalue weighted by molar-refractivity contribution is 7.80. The summed E-state index contributed by atoms with van der Waals surface area (Å²) in [7, 11) is 1.55. The van der Waals surface area contributed by atoms with Gasteiger partial charge >= 0.3 is 0 Å². The highest BCUT2D eigenvalue weighted by atomic mass is 32.1. The van der Waals surface area contributed by atoms with Crippen molar-refractivity contribution in [1.29, 1.82) is 0 Å². The fourth-order valence-corrected chi connectivity index (χ4v) is 3.39. The van der Waals surface area contributed by atoms with Crippen molar-refractivity contribution >= 4 is 17.2 Å². The molecule has 0 atom stereocenters. The number of hydrogen-bond acceptors (Lipinski definition) is 3. The van der Waals surface area contributed by atoms with Crippen LogP contribution in [0.5, 0.6) is 11.5 Å². The molecule has 126 valence electrons. The number of benzene rings is 2. The van der Waals surface area contributed by atoms with Crippen LogP contribution in [0.15, 0.2) is 48.5 Å². The molecule has 1 saturated heterocycles. The number of methoxy groups -OCH3 is 1. The molecule has 1 aliphatic rings. The van der Waals surface area contributed by atoms with Gasteiger partial charge in [-0.1, -0.05) is 42.5 Å². The van der Waals surface area contributed by atoms with Gasteiger partial charge in [-0.25, -0.2) is 0 Å². The van der Waals surface area contributed by atoms with E-state index in [4.69, 9.17) is 17.0 Å². The van der Waals surface area contributed by atoms with Crippen molar-refractivity contribution in [1.82, 2.24) is 4.90 Å². The van der Waals surface area contributed by atoms with Crippen molar-refractivity contribution in [2.75, 3.05) is 33.3 Å². The minimum absolute atomic E-state index is 0.140. The maximum atomic E-state index is 9.72. The quantitative estimate of drug-likeness (QED) is 0.825. The first-order chi connectivity index (χ1) is 11.7. The Hall–Kier alpha value is -2.11. The molecule has 0 unspecified atom stereocenters. The standard InChI is InChI=1S/C19H22N2O2S/c1-23-18-13-16(7-8-17(18)22)19(24)21-11-9-20(10-12-21)14-15-5-3-2-4-6-15/h2-8,13,22H,9-12,14H2,1H3/p+1. The Morgan fingerprint density at radius 3 is 2.54 bits per heavy atom. The second kappa shape index (κ2) is 7.64. The second-order valence-electron chi connectivity index (χ2n) is 6.09. The van der Waals surface area contributed by atoms with Crippen LogP contribution < -0.4 is 9.64 Å². The Morgan fingerprint density at radius 1 is 1.17 bits per heavy atom. The van der Waals surface area contributed by atoms with Crippen molar-refractivity contribution in [2.45, 2.75) is 6.54 Å². The third-order valence-electron chi connectivity index (χ3n) is 4.48. The summed E-state index contributed by atoms with van der Waals surface area (Å²) in [6.07, 6.45) is 0. The van der Waals surface area contributed by atoms with Crippen molar-refractivity contribution in [3.05, 3.63) is 59.7 Å². The topological polar surface area (TPSA) is 37.1 Å². The van der Waals surface area contributed by atoms with Crippen molar-refractivity contribution in [3.63, 3.8) is 0 Å². The molecule has 1 heterocycles. The number of phenols is 1. The highest BCUT2D eigenvalue weighted by Gasteiger charge is 2.23. The van der Waals surface area contributed by atoms with Crippen molar-refractivity contribution in [2.24, 2.45) is 0 Å². The molecule has 4 nitrogen and oxygen atoms in total. The zero-order valence-electron chi connectivity index (χ0n) is 13.9. The number of nitrogens with zero attached hydrogens (tertiary/aromatic N) is 1. The second-order valence-corrected chi connectivity index (χ2v) is 6.48. The third-order valence-corrected chi connectivity index (χ3v) is 4.98. The minimum atomic E-state index is 0.140. The van der Waals surface area contributed by atoms with E-state index in [9.17, 15) is 5.11 Å². The molecule has 0 bridgehead atoms. The van der Waals surface area contributed by atoms with E-state index in [1.54, 1.807) is 24.1 Å². The summed E-state index contributed by atoms with van der Waals surface area (Å²) in [5.74, 6) is 0.601. The molecule has 3 rings (SSSR count). The van der Waals surface area contributed by atoms with E-state index in [1.165, 1.54) is 5.56 Å². The fraction of sp³-hybridized carbons (Fsp3) is 0.316. The Labute approximate surface area is 148 Å². The number of piperazine rings is 1. The fourth-order valence-electron chi connectivity index (χ4n) is 3.08. The normalized spacial score (nSPS) is 15.3. The number of hydrogen-bond donors (Lipinski definition) is 2. The first-order valence-corrected chi connectivity index (χ1v) is 8.62. The molecule has 5 heteroatoms. The van der Waals surface area contributed by atoms with Gasteiger partial charge in [0, 0.05) is 11.1 Å². The van der Waals surface area contributed by atoms with Crippen LogP contribution in [-0.2, 0) is 6.54 Å². The maximum absolute atomic E-state index is 9.72. The predicted octanol–water partition coefficient (Wildman–Crippen LogP) is 1.48. The predicted molar refractivity (Wildman–Crippen MR) is 98.8 cm³/mol. The molecule has 0 radical (unpaired) electrons. The zero-order chi connectivity index (χ0) is 16.9. The van der Waals surface area contributed by atoms with Gasteiger partial charge in [0.15, 0.2) is 11.5 Å². The average molecular weight is 343 g/mol. The molecule has 1 fully saturated rings. The van der Waals surface area contributed by atoms with E-state index in [0.717, 1.165) is 43.3 Å². The van der Waals surface area contributed by atoms with E-state index < -0.39 is 0 Å². The molecule has 0 aromatic heterocycles. The number of nitrogens with one attached hydrogen (secondary N) is 1. The van der Waals surface area contributed by atoms with E-state index >= 15 is 0 Å². The number of phenolic OH excluding ortho intramolecular Hbond substituents is 1. The molecule has 24 heavy (non-hydrogen) atoms. The van der Waals surface area contributed by atoms with Gasteiger partial charge in [0.25, 0.3) is 0 Å². The van der Waals surface area contributed by atoms with Gasteiger partial charge in [-0.05, 0) is 18.2 Å². The lowest BCUT2D eigenvalue weighted by Crippen LogP contribution is -3.13. The Morgan fingerprint density at radius 2 is 1.88 bits per heavy atom. The summed E-state index contributed by atoms with van der Waals surface area (Å²) in [4.78, 5) is 4.66. The van der Waals surface area contributed by atoms with Crippen LogP contribution in [0.2, 0.25) is 0 Å². The Bertz CT molecular complexity index is 698. The smallest absolute Gasteiger partial charge is 0.161 e. The van der Waals surface area contributed by atoms with Gasteiger partial charge in [-0.3, -0.25) is 0 Å². The molecule has 2 aromatic rings. The van der Waals surface area contributed by atoms with Gasteiger partial charge in [0.05, 0.1) is 33.3 Å². The van der Waals surface area contributed by atoms with Crippen molar-refractivity contribution in [3.8, 4) is 11.5 Å². The van der Waals surface area contributed by atoms with Crippen LogP contribution in [0.4, 0.5) is 0 Å². The molecule has 0 aliphatic carbocycles. The van der Waals surface area contributed by atoms with Crippen LogP contribution in [-0.4, -0.2) is 48.3 Å². The molecule has 2 aromatic carbocycles. The van der Waals surface area contributed by atoms with E-state index in [0.29, 0.717) is 5.75 Å². The SMILES string of the molecule is COc1cc(C(=S)N2CC[NH+](Cc3ccccc3)CC2)ccc1O. The summed E-state index contributed by atoms with van der Waals surface area (Å²) in [5.41, 5.74) is 2.30. The Kier molecular flexibility index (Phi) is 5.33. The molecular formula is C19H23N2O2S+. The Balaban J connectivity index is 1.59. The van der Waals surface area contributed by atoms with Crippen LogP contribution >= 0.6 is 12.2 Å². The van der Waals surface area contributed by atoms with Gasteiger partial charge in [-0.2, -0.15) is 0 Å². The number of ether oxygens (including phenoxy) is 1. The molecule has 0 amide bonds. The van der Waals surface area contributed by atoms with E-state index in [-0.39, 0.29) is 5.75 Å². The highest BCUT2D eigenvalue weighted by Crippen LogP contribution is 2.27. The van der Waals surface area contributed by atoms with Crippen LogP contribution in [0.25, 0.3) is 0 Å². The first-order valence-electron chi connectivity index (χ1n) is 8.21. The molecule has 1 aliphatic heterocycles. The van der Waals surface area contributed by atoms with Gasteiger partial charge < -0.3 is 19.6 Å².